The molecule has 3 aromatic carbocycles. The molecule has 0 spiro atoms. The van der Waals surface area contributed by atoms with E-state index < -0.39 is 11.8 Å². The van der Waals surface area contributed by atoms with Gasteiger partial charge >= 0.3 is 5.97 Å². The van der Waals surface area contributed by atoms with Crippen LogP contribution in [0.3, 0.4) is 0 Å². The Balaban J connectivity index is 1.05. The molecule has 4 heterocycles. The van der Waals surface area contributed by atoms with E-state index in [1.807, 2.05) is 31.2 Å². The van der Waals surface area contributed by atoms with E-state index in [0.29, 0.717) is 41.0 Å². The summed E-state index contributed by atoms with van der Waals surface area (Å²) < 4.78 is 37.0. The molecule has 0 amide bonds. The third-order valence-corrected chi connectivity index (χ3v) is 10.0. The summed E-state index contributed by atoms with van der Waals surface area (Å²) in [5, 5.41) is 9.10. The maximum Gasteiger partial charge on any atom is 0.341 e. The molecule has 11 heteroatoms. The number of rotatable bonds is 13. The lowest BCUT2D eigenvalue weighted by atomic mass is 9.91. The molecule has 1 aliphatic heterocycles. The Labute approximate surface area is 308 Å². The molecule has 3 aromatic heterocycles. The van der Waals surface area contributed by atoms with Gasteiger partial charge in [0.15, 0.2) is 11.3 Å². The largest absolute Gasteiger partial charge is 0.493 e. The minimum Gasteiger partial charge on any atom is -0.493 e. The minimum atomic E-state index is -0.520. The van der Waals surface area contributed by atoms with Gasteiger partial charge in [0.25, 0.3) is 0 Å². The van der Waals surface area contributed by atoms with Gasteiger partial charge in [0.1, 0.15) is 34.3 Å². The van der Waals surface area contributed by atoms with E-state index in [0.717, 1.165) is 66.2 Å². The number of carbonyl (C=O) groups is 1. The molecule has 6 aromatic rings. The van der Waals surface area contributed by atoms with Crippen LogP contribution < -0.4 is 25.0 Å². The number of ether oxygens (including phenoxy) is 3. The Hall–Kier alpha value is -5.39. The zero-order valence-electron chi connectivity index (χ0n) is 30.8. The van der Waals surface area contributed by atoms with Crippen molar-refractivity contribution in [3.63, 3.8) is 0 Å². The maximum atomic E-state index is 14.3. The minimum absolute atomic E-state index is 0.0992. The number of esters is 1. The summed E-state index contributed by atoms with van der Waals surface area (Å²) >= 11 is 0. The predicted octanol–water partition coefficient (Wildman–Crippen LogP) is 8.56. The van der Waals surface area contributed by atoms with E-state index >= 15 is 0 Å². The van der Waals surface area contributed by atoms with E-state index in [1.54, 1.807) is 19.2 Å². The molecule has 1 saturated heterocycles. The Bertz CT molecular complexity index is 2220. The first-order valence-electron chi connectivity index (χ1n) is 18.1. The normalized spacial score (nSPS) is 14.3. The van der Waals surface area contributed by atoms with Crippen molar-refractivity contribution >= 4 is 33.7 Å². The van der Waals surface area contributed by atoms with Crippen molar-refractivity contribution < 1.29 is 27.8 Å². The molecule has 53 heavy (non-hydrogen) atoms. The molecule has 0 radical (unpaired) electrons. The fraction of sp³-hybridized carbons (Fsp3) is 0.333. The van der Waals surface area contributed by atoms with E-state index in [4.69, 9.17) is 18.6 Å². The number of fused-ring (bicyclic) bond motifs is 2. The summed E-state index contributed by atoms with van der Waals surface area (Å²) in [6.07, 6.45) is 4.61. The Morgan fingerprint density at radius 2 is 1.83 bits per heavy atom. The van der Waals surface area contributed by atoms with Crippen LogP contribution in [-0.2, 0) is 11.3 Å². The number of carbonyl (C=O) groups excluding carboxylic acids is 1. The third kappa shape index (κ3) is 7.86. The monoisotopic (exact) mass is 719 g/mol. The average Bonchev–Trinajstić information content (AvgIpc) is 3.74. The van der Waals surface area contributed by atoms with Crippen LogP contribution in [0.1, 0.15) is 71.5 Å². The van der Waals surface area contributed by atoms with Crippen molar-refractivity contribution in [1.82, 2.24) is 20.6 Å². The first-order valence-corrected chi connectivity index (χ1v) is 18.1. The van der Waals surface area contributed by atoms with Gasteiger partial charge in [-0.3, -0.25) is 0 Å². The first-order chi connectivity index (χ1) is 25.7. The number of aromatic nitrogens is 2. The fourth-order valence-electron chi connectivity index (χ4n) is 7.33. The smallest absolute Gasteiger partial charge is 0.341 e. The highest BCUT2D eigenvalue weighted by Gasteiger charge is 2.26. The highest BCUT2D eigenvalue weighted by molar-refractivity contribution is 5.93. The number of nitrogens with one attached hydrogen (secondary N) is 3. The third-order valence-electron chi connectivity index (χ3n) is 10.0. The second-order valence-corrected chi connectivity index (χ2v) is 13.9. The molecule has 3 N–H and O–H groups in total. The van der Waals surface area contributed by atoms with Crippen LogP contribution in [0, 0.1) is 12.7 Å². The van der Waals surface area contributed by atoms with Crippen molar-refractivity contribution in [1.29, 1.82) is 0 Å². The van der Waals surface area contributed by atoms with Gasteiger partial charge in [0, 0.05) is 61.6 Å². The van der Waals surface area contributed by atoms with Crippen molar-refractivity contribution in [2.24, 2.45) is 0 Å². The number of piperidine rings is 1. The lowest BCUT2D eigenvalue weighted by molar-refractivity contribution is 0.0598. The zero-order chi connectivity index (χ0) is 37.1. The van der Waals surface area contributed by atoms with Gasteiger partial charge in [-0.2, -0.15) is 0 Å². The molecule has 1 fully saturated rings. The number of anilines is 1. The Morgan fingerprint density at radius 1 is 1.04 bits per heavy atom. The highest BCUT2D eigenvalue weighted by Crippen LogP contribution is 2.34. The van der Waals surface area contributed by atoms with Gasteiger partial charge in [0.05, 0.1) is 25.8 Å². The average molecular weight is 720 g/mol. The zero-order valence-corrected chi connectivity index (χ0v) is 30.8. The summed E-state index contributed by atoms with van der Waals surface area (Å²) in [6, 6.07) is 22.4. The van der Waals surface area contributed by atoms with Crippen LogP contribution in [0.25, 0.3) is 22.0 Å². The maximum absolute atomic E-state index is 14.3. The number of pyridine rings is 1. The lowest BCUT2D eigenvalue weighted by Gasteiger charge is -2.37. The van der Waals surface area contributed by atoms with E-state index in [-0.39, 0.29) is 11.6 Å². The number of aromatic amines is 1. The predicted molar refractivity (Wildman–Crippen MR) is 205 cm³/mol. The molecular weight excluding hydrogens is 673 g/mol. The lowest BCUT2D eigenvalue weighted by Crippen LogP contribution is -2.45. The topological polar surface area (TPSA) is 114 Å². The second kappa shape index (κ2) is 15.7. The van der Waals surface area contributed by atoms with Gasteiger partial charge in [0.2, 0.25) is 0 Å². The summed E-state index contributed by atoms with van der Waals surface area (Å²) in [4.78, 5) is 22.0. The highest BCUT2D eigenvalue weighted by atomic mass is 19.1. The van der Waals surface area contributed by atoms with E-state index in [1.165, 1.54) is 30.6 Å². The van der Waals surface area contributed by atoms with Crippen LogP contribution in [0.15, 0.2) is 83.5 Å². The fourth-order valence-corrected chi connectivity index (χ4v) is 7.33. The van der Waals surface area contributed by atoms with Crippen molar-refractivity contribution in [3.05, 3.63) is 113 Å². The van der Waals surface area contributed by atoms with Crippen LogP contribution >= 0.6 is 0 Å². The molecule has 0 bridgehead atoms. The SMILES string of the molecule is COC(=O)c1ccc(N2CCC(N[C@@H](CNCc3cc(OC)c4oc(C)cc4c3)c3ccccc3C(C)C)CC2)cc1Oc1cnc2[nH]cc(F)c2c1. The van der Waals surface area contributed by atoms with Gasteiger partial charge in [-0.1, -0.05) is 38.1 Å². The van der Waals surface area contributed by atoms with Crippen LogP contribution in [0.4, 0.5) is 10.1 Å². The summed E-state index contributed by atoms with van der Waals surface area (Å²) in [5.74, 6) is 1.68. The quantitative estimate of drug-likeness (QED) is 0.101. The second-order valence-electron chi connectivity index (χ2n) is 13.9. The van der Waals surface area contributed by atoms with Crippen LogP contribution in [0.2, 0.25) is 0 Å². The van der Waals surface area contributed by atoms with Crippen LogP contribution in [-0.4, -0.2) is 55.8 Å². The number of nitrogens with zero attached hydrogens (tertiary/aromatic N) is 2. The Morgan fingerprint density at radius 3 is 2.58 bits per heavy atom. The Kier molecular flexibility index (Phi) is 10.7. The molecule has 1 aliphatic rings. The standard InChI is InChI=1S/C42H46FN5O5/c1-25(2)32-8-6-7-9-33(32)37(24-44-21-27-17-28-16-26(3)52-40(28)39(18-27)50-4)47-29-12-14-48(15-13-29)30-10-11-34(42(49)51-5)38(19-30)53-31-20-35-36(43)23-46-41(35)45-22-31/h6-11,16-20,22-23,25,29,37,44,47H,12-15,21,24H2,1-5H3,(H,45,46)/t37-/m0/s1. The number of hydrogen-bond acceptors (Lipinski definition) is 9. The molecule has 276 valence electrons. The van der Waals surface area contributed by atoms with Gasteiger partial charge in [-0.05, 0) is 78.8 Å². The van der Waals surface area contributed by atoms with Crippen molar-refractivity contribution in [2.45, 2.75) is 58.2 Å². The molecule has 1 atom stereocenters. The van der Waals surface area contributed by atoms with Gasteiger partial charge < -0.3 is 39.1 Å². The summed E-state index contributed by atoms with van der Waals surface area (Å²) in [6.45, 7) is 9.50. The van der Waals surface area contributed by atoms with E-state index in [9.17, 15) is 9.18 Å². The van der Waals surface area contributed by atoms with Gasteiger partial charge in [-0.25, -0.2) is 14.2 Å². The molecule has 0 unspecified atom stereocenters. The number of hydrogen-bond donors (Lipinski definition) is 3. The van der Waals surface area contributed by atoms with Gasteiger partial charge in [-0.15, -0.1) is 0 Å². The van der Waals surface area contributed by atoms with Crippen molar-refractivity contribution in [2.75, 3.05) is 38.8 Å². The molecule has 0 aliphatic carbocycles. The van der Waals surface area contributed by atoms with Crippen molar-refractivity contribution in [3.8, 4) is 17.2 Å². The van der Waals surface area contributed by atoms with E-state index in [2.05, 4.69) is 69.7 Å². The molecule has 0 saturated carbocycles. The number of H-pyrrole nitrogens is 1. The van der Waals surface area contributed by atoms with Crippen LogP contribution in [0.5, 0.6) is 17.2 Å². The molecular formula is C42H46FN5O5. The number of halogens is 1. The molecule has 10 nitrogen and oxygen atoms in total. The summed E-state index contributed by atoms with van der Waals surface area (Å²) in [7, 11) is 3.01. The first kappa shape index (κ1) is 36.0. The number of aryl methyl sites for hydroxylation is 1. The number of furan rings is 1. The summed E-state index contributed by atoms with van der Waals surface area (Å²) in [5.41, 5.74) is 6.18. The number of methoxy groups -OCH3 is 2. The molecule has 7 rings (SSSR count). The number of benzene rings is 3.